The second-order valence-corrected chi connectivity index (χ2v) is 9.34. The van der Waals surface area contributed by atoms with Gasteiger partial charge in [0.15, 0.2) is 6.17 Å². The maximum atomic E-state index is 6.35. The first-order valence-electron chi connectivity index (χ1n) is 6.95. The Kier molecular flexibility index (Phi) is 4.94. The Labute approximate surface area is 122 Å². The van der Waals surface area contributed by atoms with Crippen LogP contribution in [0.1, 0.15) is 12.8 Å². The van der Waals surface area contributed by atoms with Gasteiger partial charge in [-0.15, -0.1) is 14.0 Å². The molecule has 2 heterocycles. The number of hydroxylamine groups is 1. The summed E-state index contributed by atoms with van der Waals surface area (Å²) in [5.74, 6) is 0. The van der Waals surface area contributed by atoms with Crippen molar-refractivity contribution in [3.05, 3.63) is 0 Å². The fourth-order valence-electron chi connectivity index (χ4n) is 2.85. The third-order valence-corrected chi connectivity index (χ3v) is 7.19. The molecule has 2 unspecified atom stereocenters. The van der Waals surface area contributed by atoms with Gasteiger partial charge in [-0.3, -0.25) is 5.32 Å². The standard InChI is InChI=1S/C11H27N7OP/c1-15(2)20(16(3)4,17(5)6)19-18-11-10(13-14-18)8-7-9-12-11/h10-12H,7-9H2,1-6H3/q+1. The number of hydrogen-bond acceptors (Lipinski definition) is 8. The Morgan fingerprint density at radius 1 is 1.10 bits per heavy atom. The van der Waals surface area contributed by atoms with Gasteiger partial charge in [0.25, 0.3) is 0 Å². The minimum absolute atomic E-state index is 0.0583. The van der Waals surface area contributed by atoms with Crippen molar-refractivity contribution in [2.75, 3.05) is 48.8 Å². The third-order valence-electron chi connectivity index (χ3n) is 3.68. The van der Waals surface area contributed by atoms with Crippen molar-refractivity contribution < 1.29 is 4.62 Å². The number of fused-ring (bicyclic) bond motifs is 1. The average Bonchev–Trinajstić information content (AvgIpc) is 2.77. The predicted molar refractivity (Wildman–Crippen MR) is 80.6 cm³/mol. The topological polar surface area (TPSA) is 58.9 Å². The van der Waals surface area contributed by atoms with Crippen LogP contribution in [0.2, 0.25) is 0 Å². The average molecular weight is 304 g/mol. The molecule has 0 amide bonds. The second kappa shape index (κ2) is 6.17. The number of rotatable bonds is 5. The van der Waals surface area contributed by atoms with E-state index in [2.05, 4.69) is 29.7 Å². The van der Waals surface area contributed by atoms with Crippen LogP contribution in [0.3, 0.4) is 0 Å². The van der Waals surface area contributed by atoms with E-state index >= 15 is 0 Å². The lowest BCUT2D eigenvalue weighted by Gasteiger charge is -2.39. The monoisotopic (exact) mass is 304 g/mol. The molecule has 116 valence electrons. The lowest BCUT2D eigenvalue weighted by Crippen LogP contribution is -2.51. The van der Waals surface area contributed by atoms with Gasteiger partial charge in [-0.2, -0.15) is 5.11 Å². The summed E-state index contributed by atoms with van der Waals surface area (Å²) in [5, 5.41) is 13.7. The molecule has 0 aromatic carbocycles. The lowest BCUT2D eigenvalue weighted by atomic mass is 10.1. The van der Waals surface area contributed by atoms with E-state index in [9.17, 15) is 0 Å². The Morgan fingerprint density at radius 3 is 2.25 bits per heavy atom. The Morgan fingerprint density at radius 2 is 1.70 bits per heavy atom. The van der Waals surface area contributed by atoms with Crippen molar-refractivity contribution in [2.45, 2.75) is 25.0 Å². The van der Waals surface area contributed by atoms with Gasteiger partial charge in [-0.05, 0) is 29.2 Å². The van der Waals surface area contributed by atoms with Gasteiger partial charge in [0, 0.05) is 42.3 Å². The lowest BCUT2D eigenvalue weighted by molar-refractivity contribution is -0.112. The first-order valence-corrected chi connectivity index (χ1v) is 8.51. The molecule has 1 saturated heterocycles. The molecule has 20 heavy (non-hydrogen) atoms. The summed E-state index contributed by atoms with van der Waals surface area (Å²) in [6.07, 6.45) is 2.27. The Balaban J connectivity index is 2.18. The van der Waals surface area contributed by atoms with Gasteiger partial charge in [-0.25, -0.2) is 0 Å². The van der Waals surface area contributed by atoms with E-state index < -0.39 is 7.94 Å². The van der Waals surface area contributed by atoms with E-state index in [0.29, 0.717) is 0 Å². The van der Waals surface area contributed by atoms with Gasteiger partial charge in [0.05, 0.1) is 0 Å². The molecule has 9 heteroatoms. The molecule has 2 atom stereocenters. The zero-order valence-corrected chi connectivity index (χ0v) is 14.2. The molecule has 2 rings (SSSR count). The summed E-state index contributed by atoms with van der Waals surface area (Å²) in [7, 11) is 10.1. The first kappa shape index (κ1) is 16.0. The molecule has 0 aromatic rings. The summed E-state index contributed by atoms with van der Waals surface area (Å²) in [6, 6.07) is 0.206. The molecule has 0 saturated carbocycles. The number of hydrogen-bond donors (Lipinski definition) is 1. The van der Waals surface area contributed by atoms with Crippen LogP contribution in [0.25, 0.3) is 0 Å². The fraction of sp³-hybridized carbons (Fsp3) is 1.00. The van der Waals surface area contributed by atoms with Gasteiger partial charge in [-0.1, -0.05) is 5.17 Å². The highest BCUT2D eigenvalue weighted by Crippen LogP contribution is 2.65. The molecule has 0 aliphatic carbocycles. The van der Waals surface area contributed by atoms with Crippen LogP contribution >= 0.6 is 7.94 Å². The summed E-state index contributed by atoms with van der Waals surface area (Å²) >= 11 is 0. The minimum Gasteiger partial charge on any atom is -0.292 e. The van der Waals surface area contributed by atoms with Crippen molar-refractivity contribution in [1.82, 2.24) is 24.5 Å². The van der Waals surface area contributed by atoms with Crippen LogP contribution in [0.4, 0.5) is 0 Å². The van der Waals surface area contributed by atoms with E-state index in [1.165, 1.54) is 0 Å². The van der Waals surface area contributed by atoms with E-state index in [4.69, 9.17) is 4.62 Å². The molecule has 0 radical (unpaired) electrons. The van der Waals surface area contributed by atoms with Crippen LogP contribution in [-0.4, -0.2) is 80.2 Å². The summed E-state index contributed by atoms with van der Waals surface area (Å²) in [4.78, 5) is 0. The van der Waals surface area contributed by atoms with Crippen molar-refractivity contribution >= 4 is 7.94 Å². The van der Waals surface area contributed by atoms with Crippen molar-refractivity contribution in [3.63, 3.8) is 0 Å². The number of nitrogens with zero attached hydrogens (tertiary/aromatic N) is 6. The molecular formula is C11H27N7OP+. The van der Waals surface area contributed by atoms with Crippen LogP contribution in [-0.2, 0) is 4.62 Å². The number of piperidine rings is 1. The van der Waals surface area contributed by atoms with E-state index in [0.717, 1.165) is 19.4 Å². The van der Waals surface area contributed by atoms with Crippen molar-refractivity contribution in [2.24, 2.45) is 10.3 Å². The van der Waals surface area contributed by atoms with E-state index in [-0.39, 0.29) is 12.2 Å². The Bertz CT molecular complexity index is 341. The maximum Gasteiger partial charge on any atom is 0.403 e. The van der Waals surface area contributed by atoms with Crippen molar-refractivity contribution in [3.8, 4) is 0 Å². The molecule has 1 N–H and O–H groups in total. The molecule has 2 aliphatic heterocycles. The first-order chi connectivity index (χ1) is 9.39. The molecule has 0 aromatic heterocycles. The summed E-state index contributed by atoms with van der Waals surface area (Å²) in [5.41, 5.74) is 0. The highest BCUT2D eigenvalue weighted by molar-refractivity contribution is 7.64. The molecule has 1 fully saturated rings. The molecule has 8 nitrogen and oxygen atoms in total. The summed E-state index contributed by atoms with van der Waals surface area (Å²) < 4.78 is 12.7. The zero-order chi connectivity index (χ0) is 14.9. The molecule has 0 bridgehead atoms. The number of nitrogens with one attached hydrogen (secondary N) is 1. The quantitative estimate of drug-likeness (QED) is 0.766. The van der Waals surface area contributed by atoms with Gasteiger partial charge in [0.1, 0.15) is 6.04 Å². The summed E-state index contributed by atoms with van der Waals surface area (Å²) in [6.45, 7) is 0.989. The van der Waals surface area contributed by atoms with Crippen LogP contribution in [0.15, 0.2) is 10.3 Å². The molecule has 2 aliphatic rings. The third kappa shape index (κ3) is 2.68. The van der Waals surface area contributed by atoms with Crippen molar-refractivity contribution in [1.29, 1.82) is 0 Å². The Hall–Kier alpha value is -0.370. The highest BCUT2D eigenvalue weighted by Gasteiger charge is 2.56. The van der Waals surface area contributed by atoms with E-state index in [1.54, 1.807) is 5.17 Å². The van der Waals surface area contributed by atoms with Crippen LogP contribution < -0.4 is 5.32 Å². The van der Waals surface area contributed by atoms with Gasteiger partial charge >= 0.3 is 7.94 Å². The highest BCUT2D eigenvalue weighted by atomic mass is 31.2. The normalized spacial score (nSPS) is 26.9. The van der Waals surface area contributed by atoms with Gasteiger partial charge < -0.3 is 0 Å². The zero-order valence-electron chi connectivity index (χ0n) is 13.3. The molecule has 0 spiro atoms. The van der Waals surface area contributed by atoms with Gasteiger partial charge in [0.2, 0.25) is 0 Å². The van der Waals surface area contributed by atoms with Crippen LogP contribution in [0, 0.1) is 0 Å². The smallest absolute Gasteiger partial charge is 0.292 e. The van der Waals surface area contributed by atoms with Crippen LogP contribution in [0.5, 0.6) is 0 Å². The SMILES string of the molecule is CN(C)[P+](ON1N=NC2CCCNC21)(N(C)C)N(C)C. The maximum absolute atomic E-state index is 6.35. The largest absolute Gasteiger partial charge is 0.403 e. The predicted octanol–water partition coefficient (Wildman–Crippen LogP) is 1.04. The van der Waals surface area contributed by atoms with E-state index in [1.807, 2.05) is 42.3 Å². The molecular weight excluding hydrogens is 277 g/mol. The second-order valence-electron chi connectivity index (χ2n) is 5.75. The fourth-order valence-corrected chi connectivity index (χ4v) is 5.79. The minimum atomic E-state index is -2.09.